The molecule has 3 heteroatoms. The predicted octanol–water partition coefficient (Wildman–Crippen LogP) is 3.49. The molecule has 1 aromatic heterocycles. The average molecular weight is 260 g/mol. The van der Waals surface area contributed by atoms with E-state index in [0.29, 0.717) is 0 Å². The smallest absolute Gasteiger partial charge is 0.0339 e. The molecule has 0 bridgehead atoms. The average Bonchev–Trinajstić information content (AvgIpc) is 2.32. The molecule has 0 unspecified atom stereocenters. The Morgan fingerprint density at radius 1 is 1.62 bits per heavy atom. The lowest BCUT2D eigenvalue weighted by Crippen LogP contribution is -2.36. The van der Waals surface area contributed by atoms with E-state index in [0.717, 1.165) is 12.6 Å². The van der Waals surface area contributed by atoms with E-state index >= 15 is 0 Å². The van der Waals surface area contributed by atoms with Crippen LogP contribution in [-0.4, -0.2) is 18.0 Å². The van der Waals surface area contributed by atoms with Gasteiger partial charge in [0.15, 0.2) is 0 Å². The van der Waals surface area contributed by atoms with Gasteiger partial charge in [0.05, 0.1) is 0 Å². The van der Waals surface area contributed by atoms with Gasteiger partial charge in [-0.3, -0.25) is 4.90 Å². The lowest BCUT2D eigenvalue weighted by atomic mass is 9.92. The van der Waals surface area contributed by atoms with E-state index in [4.69, 9.17) is 0 Å². The van der Waals surface area contributed by atoms with Crippen LogP contribution >= 0.6 is 27.3 Å². The summed E-state index contributed by atoms with van der Waals surface area (Å²) in [7, 11) is 2.23. The molecule has 2 rings (SSSR count). The molecule has 1 fully saturated rings. The third kappa shape index (κ3) is 2.14. The van der Waals surface area contributed by atoms with Crippen LogP contribution in [0.3, 0.4) is 0 Å². The third-order valence-electron chi connectivity index (χ3n) is 2.78. The quantitative estimate of drug-likeness (QED) is 0.804. The van der Waals surface area contributed by atoms with Gasteiger partial charge in [0.2, 0.25) is 0 Å². The molecule has 1 heterocycles. The molecular weight excluding hydrogens is 246 g/mol. The monoisotopic (exact) mass is 259 g/mol. The van der Waals surface area contributed by atoms with Crippen LogP contribution in [0.5, 0.6) is 0 Å². The SMILES string of the molecule is CN(Cc1sccc1Br)C1CCC1. The second-order valence-electron chi connectivity index (χ2n) is 3.69. The minimum Gasteiger partial charge on any atom is -0.298 e. The van der Waals surface area contributed by atoms with Gasteiger partial charge in [0.1, 0.15) is 0 Å². The molecule has 13 heavy (non-hydrogen) atoms. The van der Waals surface area contributed by atoms with E-state index in [2.05, 4.69) is 39.3 Å². The second kappa shape index (κ2) is 4.11. The summed E-state index contributed by atoms with van der Waals surface area (Å²) in [5.41, 5.74) is 0. The summed E-state index contributed by atoms with van der Waals surface area (Å²) >= 11 is 5.41. The Kier molecular flexibility index (Phi) is 3.06. The number of nitrogens with zero attached hydrogens (tertiary/aromatic N) is 1. The van der Waals surface area contributed by atoms with Crippen LogP contribution in [-0.2, 0) is 6.54 Å². The van der Waals surface area contributed by atoms with Gasteiger partial charge in [-0.2, -0.15) is 0 Å². The van der Waals surface area contributed by atoms with Gasteiger partial charge in [-0.05, 0) is 47.3 Å². The normalized spacial score (nSPS) is 17.8. The largest absolute Gasteiger partial charge is 0.298 e. The molecule has 0 N–H and O–H groups in total. The Hall–Kier alpha value is 0.140. The summed E-state index contributed by atoms with van der Waals surface area (Å²) in [5.74, 6) is 0. The maximum absolute atomic E-state index is 3.57. The van der Waals surface area contributed by atoms with Crippen molar-refractivity contribution in [1.29, 1.82) is 0 Å². The molecule has 72 valence electrons. The zero-order valence-corrected chi connectivity index (χ0v) is 10.2. The van der Waals surface area contributed by atoms with Crippen LogP contribution in [0.4, 0.5) is 0 Å². The van der Waals surface area contributed by atoms with Gasteiger partial charge < -0.3 is 0 Å². The first-order valence-corrected chi connectivity index (χ1v) is 6.37. The third-order valence-corrected chi connectivity index (χ3v) is 4.69. The van der Waals surface area contributed by atoms with E-state index in [1.807, 2.05) is 11.3 Å². The maximum Gasteiger partial charge on any atom is 0.0339 e. The maximum atomic E-state index is 3.57. The van der Waals surface area contributed by atoms with Gasteiger partial charge in [-0.15, -0.1) is 11.3 Å². The second-order valence-corrected chi connectivity index (χ2v) is 5.55. The van der Waals surface area contributed by atoms with Gasteiger partial charge in [0, 0.05) is 21.9 Å². The Balaban J connectivity index is 1.93. The number of hydrogen-bond donors (Lipinski definition) is 0. The topological polar surface area (TPSA) is 3.24 Å². The zero-order chi connectivity index (χ0) is 9.26. The van der Waals surface area contributed by atoms with Crippen molar-refractivity contribution in [2.75, 3.05) is 7.05 Å². The first-order chi connectivity index (χ1) is 6.27. The van der Waals surface area contributed by atoms with Crippen LogP contribution in [0.2, 0.25) is 0 Å². The van der Waals surface area contributed by atoms with Gasteiger partial charge in [0.25, 0.3) is 0 Å². The number of rotatable bonds is 3. The summed E-state index contributed by atoms with van der Waals surface area (Å²) in [6.07, 6.45) is 4.19. The Morgan fingerprint density at radius 2 is 2.38 bits per heavy atom. The van der Waals surface area contributed by atoms with Crippen LogP contribution < -0.4 is 0 Å². The molecule has 1 saturated carbocycles. The van der Waals surface area contributed by atoms with Crippen LogP contribution in [0, 0.1) is 0 Å². The highest BCUT2D eigenvalue weighted by Crippen LogP contribution is 2.28. The van der Waals surface area contributed by atoms with E-state index < -0.39 is 0 Å². The molecule has 0 aliphatic heterocycles. The van der Waals surface area contributed by atoms with Gasteiger partial charge in [-0.25, -0.2) is 0 Å². The molecule has 0 radical (unpaired) electrons. The van der Waals surface area contributed by atoms with Crippen LogP contribution in [0.25, 0.3) is 0 Å². The van der Waals surface area contributed by atoms with Crippen molar-refractivity contribution in [3.05, 3.63) is 20.8 Å². The summed E-state index contributed by atoms with van der Waals surface area (Å²) < 4.78 is 1.27. The Bertz CT molecular complexity index is 280. The van der Waals surface area contributed by atoms with Crippen molar-refractivity contribution in [3.63, 3.8) is 0 Å². The van der Waals surface area contributed by atoms with E-state index in [9.17, 15) is 0 Å². The predicted molar refractivity (Wildman–Crippen MR) is 61.1 cm³/mol. The van der Waals surface area contributed by atoms with Crippen molar-refractivity contribution in [2.24, 2.45) is 0 Å². The molecule has 1 aliphatic rings. The Labute approximate surface area is 91.9 Å². The van der Waals surface area contributed by atoms with Crippen LogP contribution in [0.15, 0.2) is 15.9 Å². The number of thiophene rings is 1. The van der Waals surface area contributed by atoms with Gasteiger partial charge >= 0.3 is 0 Å². The molecule has 0 spiro atoms. The molecular formula is C10H14BrNS. The minimum atomic E-state index is 0.842. The highest BCUT2D eigenvalue weighted by molar-refractivity contribution is 9.10. The summed E-state index contributed by atoms with van der Waals surface area (Å²) in [6, 6.07) is 2.98. The molecule has 0 amide bonds. The van der Waals surface area contributed by atoms with Crippen molar-refractivity contribution in [2.45, 2.75) is 31.8 Å². The molecule has 1 nitrogen and oxygen atoms in total. The summed E-state index contributed by atoms with van der Waals surface area (Å²) in [6.45, 7) is 1.10. The van der Waals surface area contributed by atoms with E-state index in [-0.39, 0.29) is 0 Å². The van der Waals surface area contributed by atoms with Crippen molar-refractivity contribution in [1.82, 2.24) is 4.90 Å². The molecule has 0 saturated heterocycles. The van der Waals surface area contributed by atoms with Crippen molar-refractivity contribution in [3.8, 4) is 0 Å². The zero-order valence-electron chi connectivity index (χ0n) is 7.79. The standard InChI is InChI=1S/C10H14BrNS/c1-12(8-3-2-4-8)7-10-9(11)5-6-13-10/h5-6,8H,2-4,7H2,1H3. The minimum absolute atomic E-state index is 0.842. The lowest BCUT2D eigenvalue weighted by molar-refractivity contribution is 0.153. The molecule has 0 aromatic carbocycles. The fraction of sp³-hybridized carbons (Fsp3) is 0.600. The molecule has 1 aromatic rings. The van der Waals surface area contributed by atoms with Gasteiger partial charge in [-0.1, -0.05) is 6.42 Å². The number of halogens is 1. The fourth-order valence-electron chi connectivity index (χ4n) is 1.62. The number of hydrogen-bond acceptors (Lipinski definition) is 2. The highest BCUT2D eigenvalue weighted by atomic mass is 79.9. The highest BCUT2D eigenvalue weighted by Gasteiger charge is 2.22. The molecule has 1 aliphatic carbocycles. The first-order valence-electron chi connectivity index (χ1n) is 4.69. The van der Waals surface area contributed by atoms with E-state index in [1.165, 1.54) is 28.6 Å². The summed E-state index contributed by atoms with van der Waals surface area (Å²) in [4.78, 5) is 3.93. The lowest BCUT2D eigenvalue weighted by Gasteiger charge is -2.34. The first kappa shape index (κ1) is 9.69. The van der Waals surface area contributed by atoms with E-state index in [1.54, 1.807) is 0 Å². The molecule has 0 atom stereocenters. The Morgan fingerprint density at radius 3 is 2.85 bits per heavy atom. The fourth-order valence-corrected chi connectivity index (χ4v) is 3.16. The van der Waals surface area contributed by atoms with Crippen molar-refractivity contribution >= 4 is 27.3 Å². The van der Waals surface area contributed by atoms with Crippen LogP contribution in [0.1, 0.15) is 24.1 Å². The summed E-state index contributed by atoms with van der Waals surface area (Å²) in [5, 5.41) is 2.15. The van der Waals surface area contributed by atoms with Crippen molar-refractivity contribution < 1.29 is 0 Å².